The molecule has 0 radical (unpaired) electrons. The molecule has 1 aromatic rings. The van der Waals surface area contributed by atoms with Crippen molar-refractivity contribution in [1.82, 2.24) is 10.6 Å². The maximum absolute atomic E-state index is 12.1. The Bertz CT molecular complexity index is 564. The zero-order chi connectivity index (χ0) is 15.2. The number of benzene rings is 1. The third-order valence-corrected chi connectivity index (χ3v) is 3.18. The largest absolute Gasteiger partial charge is 0.350 e. The SMILES string of the molecule is CCN[C@H](C)CNC(=O)c1ccccc1NS(C)(=O)=O.Cl. The van der Waals surface area contributed by atoms with Crippen molar-refractivity contribution in [2.45, 2.75) is 19.9 Å². The zero-order valence-corrected chi connectivity index (χ0v) is 14.0. The topological polar surface area (TPSA) is 87.3 Å². The first-order valence-corrected chi connectivity index (χ1v) is 8.31. The van der Waals surface area contributed by atoms with Gasteiger partial charge in [0.25, 0.3) is 5.91 Å². The Morgan fingerprint density at radius 2 is 1.90 bits per heavy atom. The lowest BCUT2D eigenvalue weighted by molar-refractivity contribution is 0.0951. The average Bonchev–Trinajstić information content (AvgIpc) is 2.35. The molecule has 0 unspecified atom stereocenters. The smallest absolute Gasteiger partial charge is 0.253 e. The molecule has 0 heterocycles. The maximum Gasteiger partial charge on any atom is 0.253 e. The number of amides is 1. The predicted octanol–water partition coefficient (Wildman–Crippen LogP) is 1.21. The normalized spacial score (nSPS) is 12.1. The van der Waals surface area contributed by atoms with Gasteiger partial charge in [-0.3, -0.25) is 9.52 Å². The first kappa shape index (κ1) is 19.7. The number of sulfonamides is 1. The van der Waals surface area contributed by atoms with Crippen molar-refractivity contribution in [2.24, 2.45) is 0 Å². The van der Waals surface area contributed by atoms with E-state index in [1.807, 2.05) is 13.8 Å². The summed E-state index contributed by atoms with van der Waals surface area (Å²) in [6, 6.07) is 6.66. The molecule has 0 saturated carbocycles. The van der Waals surface area contributed by atoms with Gasteiger partial charge in [-0.1, -0.05) is 19.1 Å². The fourth-order valence-electron chi connectivity index (χ4n) is 1.73. The van der Waals surface area contributed by atoms with Gasteiger partial charge in [0.05, 0.1) is 17.5 Å². The van der Waals surface area contributed by atoms with Crippen LogP contribution in [0.5, 0.6) is 0 Å². The van der Waals surface area contributed by atoms with Gasteiger partial charge in [0.1, 0.15) is 0 Å². The fraction of sp³-hybridized carbons (Fsp3) is 0.462. The third-order valence-electron chi connectivity index (χ3n) is 2.59. The van der Waals surface area contributed by atoms with Crippen LogP contribution in [0.3, 0.4) is 0 Å². The highest BCUT2D eigenvalue weighted by Crippen LogP contribution is 2.15. The lowest BCUT2D eigenvalue weighted by atomic mass is 10.1. The van der Waals surface area contributed by atoms with Crippen molar-refractivity contribution in [1.29, 1.82) is 0 Å². The molecule has 3 N–H and O–H groups in total. The van der Waals surface area contributed by atoms with E-state index in [-0.39, 0.29) is 30.0 Å². The van der Waals surface area contributed by atoms with Crippen LogP contribution in [0.15, 0.2) is 24.3 Å². The van der Waals surface area contributed by atoms with E-state index in [1.165, 1.54) is 0 Å². The summed E-state index contributed by atoms with van der Waals surface area (Å²) in [5.74, 6) is -0.304. The Balaban J connectivity index is 0.00000400. The van der Waals surface area contributed by atoms with Crippen molar-refractivity contribution < 1.29 is 13.2 Å². The van der Waals surface area contributed by atoms with Gasteiger partial charge < -0.3 is 10.6 Å². The summed E-state index contributed by atoms with van der Waals surface area (Å²) in [5.41, 5.74) is 0.588. The number of likely N-dealkylation sites (N-methyl/N-ethyl adjacent to an activating group) is 1. The van der Waals surface area contributed by atoms with Crippen molar-refractivity contribution in [3.8, 4) is 0 Å². The number of anilines is 1. The van der Waals surface area contributed by atoms with E-state index in [1.54, 1.807) is 24.3 Å². The van der Waals surface area contributed by atoms with E-state index >= 15 is 0 Å². The molecule has 0 aliphatic rings. The average molecular weight is 336 g/mol. The molecule has 0 aliphatic carbocycles. The van der Waals surface area contributed by atoms with Crippen molar-refractivity contribution >= 4 is 34.0 Å². The molecule has 0 aliphatic heterocycles. The maximum atomic E-state index is 12.1. The number of carbonyl (C=O) groups is 1. The van der Waals surface area contributed by atoms with E-state index in [0.717, 1.165) is 12.8 Å². The van der Waals surface area contributed by atoms with Crippen LogP contribution in [0.2, 0.25) is 0 Å². The third kappa shape index (κ3) is 7.31. The summed E-state index contributed by atoms with van der Waals surface area (Å²) in [7, 11) is -3.42. The zero-order valence-electron chi connectivity index (χ0n) is 12.3. The highest BCUT2D eigenvalue weighted by atomic mass is 35.5. The van der Waals surface area contributed by atoms with E-state index < -0.39 is 10.0 Å². The van der Waals surface area contributed by atoms with Crippen LogP contribution in [0.1, 0.15) is 24.2 Å². The molecular weight excluding hydrogens is 314 g/mol. The highest BCUT2D eigenvalue weighted by Gasteiger charge is 2.13. The molecule has 0 aromatic heterocycles. The quantitative estimate of drug-likeness (QED) is 0.699. The first-order chi connectivity index (χ1) is 9.33. The van der Waals surface area contributed by atoms with Gasteiger partial charge in [0.15, 0.2) is 0 Å². The minimum atomic E-state index is -3.42. The standard InChI is InChI=1S/C13H21N3O3S.ClH/c1-4-14-10(2)9-15-13(17)11-7-5-6-8-12(11)16-20(3,18)19;/h5-8,10,14,16H,4,9H2,1-3H3,(H,15,17);1H/t10-;/m1./s1. The van der Waals surface area contributed by atoms with Crippen molar-refractivity contribution in [2.75, 3.05) is 24.1 Å². The van der Waals surface area contributed by atoms with Gasteiger partial charge in [-0.05, 0) is 25.6 Å². The van der Waals surface area contributed by atoms with Crippen molar-refractivity contribution in [3.05, 3.63) is 29.8 Å². The number of nitrogens with one attached hydrogen (secondary N) is 3. The van der Waals surface area contributed by atoms with Crippen LogP contribution in [0.25, 0.3) is 0 Å². The summed E-state index contributed by atoms with van der Waals surface area (Å²) in [4.78, 5) is 12.1. The van der Waals surface area contributed by atoms with E-state index in [4.69, 9.17) is 0 Å². The van der Waals surface area contributed by atoms with Crippen LogP contribution in [-0.4, -0.2) is 39.7 Å². The van der Waals surface area contributed by atoms with E-state index in [0.29, 0.717) is 12.1 Å². The Morgan fingerprint density at radius 1 is 1.29 bits per heavy atom. The van der Waals surface area contributed by atoms with E-state index in [2.05, 4.69) is 15.4 Å². The minimum absolute atomic E-state index is 0. The molecular formula is C13H22ClN3O3S. The van der Waals surface area contributed by atoms with Gasteiger partial charge in [-0.15, -0.1) is 12.4 Å². The summed E-state index contributed by atoms with van der Waals surface area (Å²) in [6.45, 7) is 5.25. The predicted molar refractivity (Wildman–Crippen MR) is 87.6 cm³/mol. The Labute approximate surface area is 132 Å². The van der Waals surface area contributed by atoms with Crippen molar-refractivity contribution in [3.63, 3.8) is 0 Å². The monoisotopic (exact) mass is 335 g/mol. The Kier molecular flexibility index (Phi) is 8.31. The van der Waals surface area contributed by atoms with Gasteiger partial charge in [-0.25, -0.2) is 8.42 Å². The van der Waals surface area contributed by atoms with Crippen LogP contribution >= 0.6 is 12.4 Å². The number of hydrogen-bond donors (Lipinski definition) is 3. The lowest BCUT2D eigenvalue weighted by Gasteiger charge is -2.15. The van der Waals surface area contributed by atoms with Gasteiger partial charge >= 0.3 is 0 Å². The summed E-state index contributed by atoms with van der Waals surface area (Å²) < 4.78 is 24.9. The molecule has 1 amide bonds. The molecule has 1 atom stereocenters. The summed E-state index contributed by atoms with van der Waals surface area (Å²) in [5, 5.41) is 5.95. The second kappa shape index (κ2) is 8.86. The lowest BCUT2D eigenvalue weighted by Crippen LogP contribution is -2.39. The highest BCUT2D eigenvalue weighted by molar-refractivity contribution is 7.92. The van der Waals surface area contributed by atoms with E-state index in [9.17, 15) is 13.2 Å². The second-order valence-electron chi connectivity index (χ2n) is 4.59. The molecule has 0 saturated heterocycles. The number of para-hydroxylation sites is 1. The Morgan fingerprint density at radius 3 is 2.48 bits per heavy atom. The number of hydrogen-bond acceptors (Lipinski definition) is 4. The molecule has 21 heavy (non-hydrogen) atoms. The van der Waals surface area contributed by atoms with Crippen LogP contribution in [-0.2, 0) is 10.0 Å². The summed E-state index contributed by atoms with van der Waals surface area (Å²) >= 11 is 0. The van der Waals surface area contributed by atoms with Gasteiger partial charge in [0, 0.05) is 12.6 Å². The van der Waals surface area contributed by atoms with Crippen LogP contribution in [0.4, 0.5) is 5.69 Å². The molecule has 120 valence electrons. The number of halogens is 1. The molecule has 1 aromatic carbocycles. The molecule has 0 bridgehead atoms. The Hall–Kier alpha value is -1.31. The summed E-state index contributed by atoms with van der Waals surface area (Å²) in [6.07, 6.45) is 1.05. The fourth-order valence-corrected chi connectivity index (χ4v) is 2.31. The first-order valence-electron chi connectivity index (χ1n) is 6.42. The molecule has 8 heteroatoms. The second-order valence-corrected chi connectivity index (χ2v) is 6.34. The number of carbonyl (C=O) groups excluding carboxylic acids is 1. The molecule has 6 nitrogen and oxygen atoms in total. The molecule has 0 fully saturated rings. The van der Waals surface area contributed by atoms with Crippen LogP contribution < -0.4 is 15.4 Å². The van der Waals surface area contributed by atoms with Gasteiger partial charge in [0.2, 0.25) is 10.0 Å². The van der Waals surface area contributed by atoms with Crippen LogP contribution in [0, 0.1) is 0 Å². The van der Waals surface area contributed by atoms with Gasteiger partial charge in [-0.2, -0.15) is 0 Å². The molecule has 0 spiro atoms. The number of rotatable bonds is 7. The minimum Gasteiger partial charge on any atom is -0.350 e. The molecule has 1 rings (SSSR count).